The lowest BCUT2D eigenvalue weighted by Gasteiger charge is -2.28. The summed E-state index contributed by atoms with van der Waals surface area (Å²) < 4.78 is 32.5. The zero-order valence-corrected chi connectivity index (χ0v) is 11.7. The Kier molecular flexibility index (Phi) is 4.56. The molecule has 1 unspecified atom stereocenters. The van der Waals surface area contributed by atoms with E-state index in [1.807, 2.05) is 6.92 Å². The molecule has 1 saturated heterocycles. The van der Waals surface area contributed by atoms with Crippen molar-refractivity contribution in [2.24, 2.45) is 11.7 Å². The van der Waals surface area contributed by atoms with Crippen LogP contribution in [0.4, 0.5) is 0 Å². The van der Waals surface area contributed by atoms with E-state index in [0.717, 1.165) is 12.8 Å². The molecule has 7 nitrogen and oxygen atoms in total. The normalized spacial score (nSPS) is 19.5. The smallest absolute Gasteiger partial charge is 0.258 e. The van der Waals surface area contributed by atoms with Gasteiger partial charge in [-0.3, -0.25) is 5.10 Å². The Morgan fingerprint density at radius 1 is 1.58 bits per heavy atom. The number of nitrogens with one attached hydrogen (secondary N) is 2. The number of hydrogen-bond donors (Lipinski definition) is 3. The fourth-order valence-corrected chi connectivity index (χ4v) is 3.75. The van der Waals surface area contributed by atoms with E-state index in [0.29, 0.717) is 24.7 Å². The molecule has 1 fully saturated rings. The largest absolute Gasteiger partial charge is 0.381 e. The number of ether oxygens (including phenoxy) is 1. The first-order valence-corrected chi connectivity index (χ1v) is 7.85. The van der Waals surface area contributed by atoms with Crippen molar-refractivity contribution in [3.63, 3.8) is 0 Å². The van der Waals surface area contributed by atoms with Gasteiger partial charge in [0, 0.05) is 31.4 Å². The van der Waals surface area contributed by atoms with Gasteiger partial charge < -0.3 is 10.5 Å². The van der Waals surface area contributed by atoms with Gasteiger partial charge in [0.05, 0.1) is 6.20 Å². The number of aromatic amines is 1. The number of sulfonamides is 1. The molecule has 1 aromatic heterocycles. The summed E-state index contributed by atoms with van der Waals surface area (Å²) in [6.45, 7) is 3.40. The summed E-state index contributed by atoms with van der Waals surface area (Å²) in [5, 5.41) is 6.30. The average Bonchev–Trinajstić information content (AvgIpc) is 2.88. The van der Waals surface area contributed by atoms with Crippen molar-refractivity contribution in [1.82, 2.24) is 14.9 Å². The SMILES string of the molecule is CC(NS(=O)(=O)c1[nH]ncc1CN)C1CCOCC1. The third-order valence-electron chi connectivity index (χ3n) is 3.48. The van der Waals surface area contributed by atoms with Crippen LogP contribution >= 0.6 is 0 Å². The van der Waals surface area contributed by atoms with Crippen LogP contribution < -0.4 is 10.5 Å². The minimum atomic E-state index is -3.60. The van der Waals surface area contributed by atoms with Gasteiger partial charge in [-0.15, -0.1) is 0 Å². The van der Waals surface area contributed by atoms with E-state index >= 15 is 0 Å². The molecule has 108 valence electrons. The Hall–Kier alpha value is -0.960. The first kappa shape index (κ1) is 14.4. The maximum Gasteiger partial charge on any atom is 0.258 e. The van der Waals surface area contributed by atoms with Gasteiger partial charge in [-0.05, 0) is 25.7 Å². The molecule has 2 heterocycles. The molecule has 4 N–H and O–H groups in total. The van der Waals surface area contributed by atoms with Crippen molar-refractivity contribution >= 4 is 10.0 Å². The van der Waals surface area contributed by atoms with Crippen molar-refractivity contribution in [3.8, 4) is 0 Å². The van der Waals surface area contributed by atoms with Crippen molar-refractivity contribution in [3.05, 3.63) is 11.8 Å². The third kappa shape index (κ3) is 3.33. The fourth-order valence-electron chi connectivity index (χ4n) is 2.29. The Balaban J connectivity index is 2.08. The average molecular weight is 288 g/mol. The predicted octanol–water partition coefficient (Wildman–Crippen LogP) is -0.0382. The second-order valence-corrected chi connectivity index (χ2v) is 6.44. The first-order valence-electron chi connectivity index (χ1n) is 6.37. The number of nitrogens with two attached hydrogens (primary N) is 1. The van der Waals surface area contributed by atoms with Gasteiger partial charge >= 0.3 is 0 Å². The highest BCUT2D eigenvalue weighted by molar-refractivity contribution is 7.89. The standard InChI is InChI=1S/C11H20N4O3S/c1-8(9-2-4-18-5-3-9)15-19(16,17)11-10(6-12)7-13-14-11/h7-9,15H,2-6,12H2,1H3,(H,13,14). The second kappa shape index (κ2) is 6.00. The molecule has 19 heavy (non-hydrogen) atoms. The summed E-state index contributed by atoms with van der Waals surface area (Å²) in [4.78, 5) is 0. The number of H-pyrrole nitrogens is 1. The predicted molar refractivity (Wildman–Crippen MR) is 69.8 cm³/mol. The van der Waals surface area contributed by atoms with Gasteiger partial charge in [0.2, 0.25) is 0 Å². The Bertz CT molecular complexity index is 508. The molecular formula is C11H20N4O3S. The number of nitrogens with zero attached hydrogens (tertiary/aromatic N) is 1. The van der Waals surface area contributed by atoms with Gasteiger partial charge in [0.25, 0.3) is 10.0 Å². The van der Waals surface area contributed by atoms with Crippen LogP contribution in [-0.2, 0) is 21.3 Å². The lowest BCUT2D eigenvalue weighted by Crippen LogP contribution is -2.40. The molecule has 0 radical (unpaired) electrons. The van der Waals surface area contributed by atoms with Gasteiger partial charge in [0.1, 0.15) is 0 Å². The molecule has 8 heteroatoms. The molecule has 2 rings (SSSR count). The maximum absolute atomic E-state index is 12.3. The maximum atomic E-state index is 12.3. The molecular weight excluding hydrogens is 268 g/mol. The highest BCUT2D eigenvalue weighted by Crippen LogP contribution is 2.20. The third-order valence-corrected chi connectivity index (χ3v) is 5.05. The van der Waals surface area contributed by atoms with E-state index in [1.165, 1.54) is 6.20 Å². The molecule has 1 aromatic rings. The number of aromatic nitrogens is 2. The van der Waals surface area contributed by atoms with E-state index in [-0.39, 0.29) is 17.6 Å². The molecule has 0 aromatic carbocycles. The summed E-state index contributed by atoms with van der Waals surface area (Å²) in [5.74, 6) is 0.299. The summed E-state index contributed by atoms with van der Waals surface area (Å²) in [7, 11) is -3.60. The molecule has 1 atom stereocenters. The molecule has 0 spiro atoms. The molecule has 1 aliphatic rings. The highest BCUT2D eigenvalue weighted by Gasteiger charge is 2.27. The fraction of sp³-hybridized carbons (Fsp3) is 0.727. The van der Waals surface area contributed by atoms with E-state index in [1.54, 1.807) is 0 Å². The highest BCUT2D eigenvalue weighted by atomic mass is 32.2. The van der Waals surface area contributed by atoms with Gasteiger partial charge in [-0.2, -0.15) is 5.10 Å². The molecule has 0 aliphatic carbocycles. The minimum Gasteiger partial charge on any atom is -0.381 e. The van der Waals surface area contributed by atoms with Gasteiger partial charge in [-0.25, -0.2) is 13.1 Å². The monoisotopic (exact) mass is 288 g/mol. The van der Waals surface area contributed by atoms with Crippen LogP contribution in [0.25, 0.3) is 0 Å². The Morgan fingerprint density at radius 2 is 2.26 bits per heavy atom. The Morgan fingerprint density at radius 3 is 2.89 bits per heavy atom. The number of rotatable bonds is 5. The summed E-state index contributed by atoms with van der Waals surface area (Å²) in [6.07, 6.45) is 3.18. The van der Waals surface area contributed by atoms with Crippen LogP contribution in [0, 0.1) is 5.92 Å². The van der Waals surface area contributed by atoms with Crippen LogP contribution in [0.2, 0.25) is 0 Å². The van der Waals surface area contributed by atoms with Gasteiger partial charge in [0.15, 0.2) is 5.03 Å². The molecule has 0 saturated carbocycles. The van der Waals surface area contributed by atoms with E-state index in [2.05, 4.69) is 14.9 Å². The van der Waals surface area contributed by atoms with Crippen molar-refractivity contribution in [1.29, 1.82) is 0 Å². The lowest BCUT2D eigenvalue weighted by molar-refractivity contribution is 0.0585. The summed E-state index contributed by atoms with van der Waals surface area (Å²) in [5.41, 5.74) is 5.99. The Labute approximate surface area is 113 Å². The molecule has 1 aliphatic heterocycles. The van der Waals surface area contributed by atoms with Crippen molar-refractivity contribution in [2.75, 3.05) is 13.2 Å². The zero-order chi connectivity index (χ0) is 13.9. The summed E-state index contributed by atoms with van der Waals surface area (Å²) in [6, 6.07) is -0.136. The van der Waals surface area contributed by atoms with Crippen LogP contribution in [0.5, 0.6) is 0 Å². The van der Waals surface area contributed by atoms with E-state index in [9.17, 15) is 8.42 Å². The quantitative estimate of drug-likeness (QED) is 0.704. The first-order chi connectivity index (χ1) is 9.04. The van der Waals surface area contributed by atoms with Crippen LogP contribution in [0.1, 0.15) is 25.3 Å². The topological polar surface area (TPSA) is 110 Å². The zero-order valence-electron chi connectivity index (χ0n) is 10.9. The lowest BCUT2D eigenvalue weighted by atomic mass is 9.94. The van der Waals surface area contributed by atoms with Crippen molar-refractivity contribution < 1.29 is 13.2 Å². The second-order valence-electron chi connectivity index (χ2n) is 4.79. The molecule has 0 amide bonds. The van der Waals surface area contributed by atoms with Crippen molar-refractivity contribution in [2.45, 2.75) is 37.4 Å². The van der Waals surface area contributed by atoms with E-state index < -0.39 is 10.0 Å². The number of hydrogen-bond acceptors (Lipinski definition) is 5. The van der Waals surface area contributed by atoms with E-state index in [4.69, 9.17) is 10.5 Å². The van der Waals surface area contributed by atoms with Crippen LogP contribution in [0.15, 0.2) is 11.2 Å². The van der Waals surface area contributed by atoms with Crippen LogP contribution in [-0.4, -0.2) is 37.9 Å². The van der Waals surface area contributed by atoms with Crippen LogP contribution in [0.3, 0.4) is 0 Å². The van der Waals surface area contributed by atoms with Gasteiger partial charge in [-0.1, -0.05) is 0 Å². The minimum absolute atomic E-state index is 0.0638. The molecule has 0 bridgehead atoms. The summed E-state index contributed by atoms with van der Waals surface area (Å²) >= 11 is 0.